The summed E-state index contributed by atoms with van der Waals surface area (Å²) in [5, 5.41) is 15.6. The number of pyridine rings is 1. The maximum absolute atomic E-state index is 13.1. The lowest BCUT2D eigenvalue weighted by atomic mass is 10.1. The van der Waals surface area contributed by atoms with E-state index in [1.165, 1.54) is 11.1 Å². The largest absolute Gasteiger partial charge is 0.369 e. The molecule has 0 unspecified atom stereocenters. The zero-order valence-electron chi connectivity index (χ0n) is 13.2. The van der Waals surface area contributed by atoms with E-state index in [-0.39, 0.29) is 11.9 Å². The van der Waals surface area contributed by atoms with E-state index in [2.05, 4.69) is 31.1 Å². The number of aromatic amines is 1. The van der Waals surface area contributed by atoms with Crippen LogP contribution in [0.25, 0.3) is 10.9 Å². The van der Waals surface area contributed by atoms with Gasteiger partial charge < -0.3 is 5.73 Å². The molecule has 3 aromatic rings. The van der Waals surface area contributed by atoms with Crippen molar-refractivity contribution >= 4 is 44.4 Å². The predicted octanol–water partition coefficient (Wildman–Crippen LogP) is 3.14. The van der Waals surface area contributed by atoms with E-state index in [0.29, 0.717) is 22.7 Å². The van der Waals surface area contributed by atoms with E-state index in [1.807, 2.05) is 6.07 Å². The van der Waals surface area contributed by atoms with E-state index in [4.69, 9.17) is 11.1 Å². The molecule has 1 aliphatic rings. The minimum absolute atomic E-state index is 0.332. The monoisotopic (exact) mass is 398 g/mol. The summed E-state index contributed by atoms with van der Waals surface area (Å²) in [5.41, 5.74) is 8.27. The molecule has 1 aliphatic carbocycles. The summed E-state index contributed by atoms with van der Waals surface area (Å²) in [7, 11) is 0. The molecule has 0 saturated heterocycles. The van der Waals surface area contributed by atoms with Crippen LogP contribution in [-0.4, -0.2) is 27.0 Å². The Kier molecular flexibility index (Phi) is 3.76. The molecular weight excluding hydrogens is 384 g/mol. The second kappa shape index (κ2) is 5.96. The fourth-order valence-electron chi connectivity index (χ4n) is 2.94. The van der Waals surface area contributed by atoms with Crippen LogP contribution in [0.4, 0.5) is 5.69 Å². The molecule has 4 N–H and O–H groups in total. The molecule has 8 heteroatoms. The van der Waals surface area contributed by atoms with Gasteiger partial charge in [-0.2, -0.15) is 5.10 Å². The lowest BCUT2D eigenvalue weighted by Gasteiger charge is -2.22. The first kappa shape index (κ1) is 15.8. The highest BCUT2D eigenvalue weighted by molar-refractivity contribution is 9.10. The molecule has 1 amide bonds. The van der Waals surface area contributed by atoms with E-state index >= 15 is 0 Å². The van der Waals surface area contributed by atoms with E-state index in [9.17, 15) is 4.79 Å². The summed E-state index contributed by atoms with van der Waals surface area (Å²) < 4.78 is 0.810. The normalized spacial score (nSPS) is 13.8. The van der Waals surface area contributed by atoms with Crippen LogP contribution < -0.4 is 10.6 Å². The third-order valence-electron chi connectivity index (χ3n) is 4.27. The van der Waals surface area contributed by atoms with Crippen LogP contribution in [0.2, 0.25) is 0 Å². The molecular formula is C17H15BrN6O. The summed E-state index contributed by atoms with van der Waals surface area (Å²) in [6, 6.07) is 7.19. The second-order valence-electron chi connectivity index (χ2n) is 5.96. The lowest BCUT2D eigenvalue weighted by molar-refractivity contribution is 0.100. The number of carbonyl (C=O) groups is 1. The Balaban J connectivity index is 1.85. The number of guanidine groups is 1. The number of amides is 1. The van der Waals surface area contributed by atoms with E-state index in [0.717, 1.165) is 28.4 Å². The summed E-state index contributed by atoms with van der Waals surface area (Å²) in [6.07, 6.45) is 5.25. The van der Waals surface area contributed by atoms with Crippen LogP contribution in [0, 0.1) is 5.41 Å². The van der Waals surface area contributed by atoms with Crippen molar-refractivity contribution in [2.24, 2.45) is 5.73 Å². The second-order valence-corrected chi connectivity index (χ2v) is 6.82. The van der Waals surface area contributed by atoms with Gasteiger partial charge in [0, 0.05) is 22.0 Å². The molecule has 7 nitrogen and oxygen atoms in total. The molecule has 0 spiro atoms. The molecule has 0 bridgehead atoms. The summed E-state index contributed by atoms with van der Waals surface area (Å²) in [5.74, 6) is -0.380. The van der Waals surface area contributed by atoms with Crippen LogP contribution >= 0.6 is 15.9 Å². The zero-order chi connectivity index (χ0) is 17.6. The fourth-order valence-corrected chi connectivity index (χ4v) is 3.39. The standard InChI is InChI=1S/C17H15BrN6O/c18-12-5-6-13(10-2-1-7-21-15(10)12)24(17(19)20)16(25)11-8-22-23-14(11)9-3-4-9/h1-2,5-9H,3-4H2,(H3,19,20)(H,22,23). The van der Waals surface area contributed by atoms with Gasteiger partial charge in [0.05, 0.1) is 28.7 Å². The molecule has 0 radical (unpaired) electrons. The number of H-pyrrole nitrogens is 1. The first-order chi connectivity index (χ1) is 12.1. The molecule has 1 aromatic carbocycles. The maximum Gasteiger partial charge on any atom is 0.268 e. The van der Waals surface area contributed by atoms with E-state index in [1.54, 1.807) is 24.4 Å². The number of nitrogens with two attached hydrogens (primary N) is 1. The lowest BCUT2D eigenvalue weighted by Crippen LogP contribution is -2.41. The molecule has 0 aliphatic heterocycles. The maximum atomic E-state index is 13.1. The van der Waals surface area contributed by atoms with Crippen molar-refractivity contribution in [2.75, 3.05) is 4.90 Å². The van der Waals surface area contributed by atoms with Crippen LogP contribution in [0.3, 0.4) is 0 Å². The van der Waals surface area contributed by atoms with Crippen molar-refractivity contribution in [3.63, 3.8) is 0 Å². The van der Waals surface area contributed by atoms with E-state index < -0.39 is 0 Å². The van der Waals surface area contributed by atoms with Gasteiger partial charge in [-0.25, -0.2) is 4.90 Å². The summed E-state index contributed by atoms with van der Waals surface area (Å²) in [4.78, 5) is 18.7. The van der Waals surface area contributed by atoms with Gasteiger partial charge >= 0.3 is 0 Å². The predicted molar refractivity (Wildman–Crippen MR) is 98.7 cm³/mol. The van der Waals surface area contributed by atoms with Crippen LogP contribution in [-0.2, 0) is 0 Å². The quantitative estimate of drug-likeness (QED) is 0.464. The highest BCUT2D eigenvalue weighted by atomic mass is 79.9. The smallest absolute Gasteiger partial charge is 0.268 e. The number of anilines is 1. The van der Waals surface area contributed by atoms with Crippen molar-refractivity contribution in [3.8, 4) is 0 Å². The number of nitrogens with one attached hydrogen (secondary N) is 2. The van der Waals surface area contributed by atoms with Gasteiger partial charge in [-0.1, -0.05) is 0 Å². The molecule has 25 heavy (non-hydrogen) atoms. The Bertz CT molecular complexity index is 994. The van der Waals surface area contributed by atoms with Gasteiger partial charge in [-0.15, -0.1) is 0 Å². The Hall–Kier alpha value is -2.74. The van der Waals surface area contributed by atoms with Crippen molar-refractivity contribution in [3.05, 3.63) is 52.4 Å². The van der Waals surface area contributed by atoms with Crippen molar-refractivity contribution < 1.29 is 4.79 Å². The Morgan fingerprint density at radius 2 is 2.16 bits per heavy atom. The average Bonchev–Trinajstić information content (AvgIpc) is 3.33. The van der Waals surface area contributed by atoms with Crippen LogP contribution in [0.5, 0.6) is 0 Å². The molecule has 1 saturated carbocycles. The van der Waals surface area contributed by atoms with Gasteiger partial charge in [0.25, 0.3) is 5.91 Å². The molecule has 2 aromatic heterocycles. The molecule has 126 valence electrons. The minimum atomic E-state index is -0.365. The number of hydrogen-bond acceptors (Lipinski definition) is 4. The van der Waals surface area contributed by atoms with Crippen molar-refractivity contribution in [1.29, 1.82) is 5.41 Å². The Morgan fingerprint density at radius 1 is 1.36 bits per heavy atom. The molecule has 4 rings (SSSR count). The van der Waals surface area contributed by atoms with Gasteiger partial charge in [-0.05, 0) is 53.0 Å². The number of benzene rings is 1. The fraction of sp³-hybridized carbons (Fsp3) is 0.176. The zero-order valence-corrected chi connectivity index (χ0v) is 14.7. The first-order valence-electron chi connectivity index (χ1n) is 7.83. The van der Waals surface area contributed by atoms with Crippen molar-refractivity contribution in [1.82, 2.24) is 15.2 Å². The number of nitrogens with zero attached hydrogens (tertiary/aromatic N) is 3. The SMILES string of the molecule is N=C(N)N(C(=O)c1cn[nH]c1C1CC1)c1ccc(Br)c2ncccc12. The average molecular weight is 399 g/mol. The van der Waals surface area contributed by atoms with Gasteiger partial charge in [0.1, 0.15) is 0 Å². The molecule has 2 heterocycles. The van der Waals surface area contributed by atoms with Crippen molar-refractivity contribution in [2.45, 2.75) is 18.8 Å². The molecule has 0 atom stereocenters. The number of carbonyl (C=O) groups excluding carboxylic acids is 1. The minimum Gasteiger partial charge on any atom is -0.369 e. The van der Waals surface area contributed by atoms with Gasteiger partial charge in [0.15, 0.2) is 5.96 Å². The first-order valence-corrected chi connectivity index (χ1v) is 8.62. The van der Waals surface area contributed by atoms with Gasteiger partial charge in [-0.3, -0.25) is 20.3 Å². The van der Waals surface area contributed by atoms with Crippen LogP contribution in [0.1, 0.15) is 34.8 Å². The number of aromatic nitrogens is 3. The Labute approximate surface area is 151 Å². The number of fused-ring (bicyclic) bond motifs is 1. The van der Waals surface area contributed by atoms with Crippen LogP contribution in [0.15, 0.2) is 41.1 Å². The number of halogens is 1. The third-order valence-corrected chi connectivity index (χ3v) is 4.91. The summed E-state index contributed by atoms with van der Waals surface area (Å²) >= 11 is 3.47. The van der Waals surface area contributed by atoms with Gasteiger partial charge in [0.2, 0.25) is 0 Å². The molecule has 1 fully saturated rings. The topological polar surface area (TPSA) is 112 Å². The summed E-state index contributed by atoms with van der Waals surface area (Å²) in [6.45, 7) is 0. The highest BCUT2D eigenvalue weighted by Gasteiger charge is 2.33. The number of rotatable bonds is 3. The number of hydrogen-bond donors (Lipinski definition) is 3. The Morgan fingerprint density at radius 3 is 2.88 bits per heavy atom. The highest BCUT2D eigenvalue weighted by Crippen LogP contribution is 2.41. The third kappa shape index (κ3) is 2.68.